The first-order valence-electron chi connectivity index (χ1n) is 6.21. The predicted octanol–water partition coefficient (Wildman–Crippen LogP) is 0.310. The van der Waals surface area contributed by atoms with Gasteiger partial charge in [0, 0.05) is 12.6 Å². The Labute approximate surface area is 97.3 Å². The summed E-state index contributed by atoms with van der Waals surface area (Å²) in [5.74, 6) is 1.39. The van der Waals surface area contributed by atoms with Gasteiger partial charge in [0.25, 0.3) is 0 Å². The Balaban J connectivity index is 1.85. The van der Waals surface area contributed by atoms with E-state index >= 15 is 0 Å². The third-order valence-corrected chi connectivity index (χ3v) is 4.44. The second-order valence-electron chi connectivity index (χ2n) is 5.83. The molecule has 4 heteroatoms. The third-order valence-electron chi connectivity index (χ3n) is 4.44. The Morgan fingerprint density at radius 2 is 2.19 bits per heavy atom. The van der Waals surface area contributed by atoms with Gasteiger partial charge in [-0.15, -0.1) is 0 Å². The van der Waals surface area contributed by atoms with Crippen molar-refractivity contribution in [3.8, 4) is 0 Å². The van der Waals surface area contributed by atoms with Crippen LogP contribution in [0, 0.1) is 11.8 Å². The topological polar surface area (TPSA) is 72.3 Å². The first kappa shape index (κ1) is 11.9. The lowest BCUT2D eigenvalue weighted by atomic mass is 9.98. The van der Waals surface area contributed by atoms with Crippen molar-refractivity contribution >= 4 is 5.91 Å². The van der Waals surface area contributed by atoms with E-state index in [1.807, 2.05) is 0 Å². The Morgan fingerprint density at radius 3 is 2.62 bits per heavy atom. The number of rotatable bonds is 4. The van der Waals surface area contributed by atoms with E-state index in [-0.39, 0.29) is 5.91 Å². The highest BCUT2D eigenvalue weighted by Gasteiger charge is 2.43. The molecule has 2 saturated carbocycles. The molecular formula is C12H23N3O. The predicted molar refractivity (Wildman–Crippen MR) is 63.7 cm³/mol. The van der Waals surface area contributed by atoms with Gasteiger partial charge in [0.1, 0.15) is 0 Å². The van der Waals surface area contributed by atoms with E-state index in [0.29, 0.717) is 6.04 Å². The lowest BCUT2D eigenvalue weighted by Crippen LogP contribution is -2.51. The fourth-order valence-corrected chi connectivity index (χ4v) is 2.82. The van der Waals surface area contributed by atoms with Crippen LogP contribution >= 0.6 is 0 Å². The van der Waals surface area contributed by atoms with Gasteiger partial charge in [0.2, 0.25) is 5.91 Å². The number of hydrogen-bond donors (Lipinski definition) is 2. The first-order chi connectivity index (χ1) is 7.42. The Bertz CT molecular complexity index is 294. The fourth-order valence-electron chi connectivity index (χ4n) is 2.82. The van der Waals surface area contributed by atoms with Gasteiger partial charge in [0.15, 0.2) is 0 Å². The summed E-state index contributed by atoms with van der Waals surface area (Å²) in [5.41, 5.74) is 10.6. The SMILES string of the molecule is CC1CC1CN(C)C1CCC(N)(C(N)=O)C1. The van der Waals surface area contributed by atoms with Gasteiger partial charge >= 0.3 is 0 Å². The molecule has 2 aliphatic rings. The van der Waals surface area contributed by atoms with Crippen LogP contribution < -0.4 is 11.5 Å². The maximum absolute atomic E-state index is 11.3. The minimum absolute atomic E-state index is 0.344. The van der Waals surface area contributed by atoms with Gasteiger partial charge < -0.3 is 16.4 Å². The van der Waals surface area contributed by atoms with Crippen molar-refractivity contribution in [2.75, 3.05) is 13.6 Å². The lowest BCUT2D eigenvalue weighted by molar-refractivity contribution is -0.123. The zero-order chi connectivity index (χ0) is 11.9. The normalized spacial score (nSPS) is 42.6. The highest BCUT2D eigenvalue weighted by molar-refractivity contribution is 5.84. The van der Waals surface area contributed by atoms with Gasteiger partial charge in [-0.05, 0) is 44.6 Å². The van der Waals surface area contributed by atoms with Crippen LogP contribution in [0.1, 0.15) is 32.6 Å². The molecule has 4 N–H and O–H groups in total. The molecule has 0 aromatic carbocycles. The van der Waals surface area contributed by atoms with E-state index in [1.54, 1.807) is 0 Å². The summed E-state index contributed by atoms with van der Waals surface area (Å²) in [6.07, 6.45) is 3.80. The second kappa shape index (κ2) is 4.00. The van der Waals surface area contributed by atoms with Crippen LogP contribution in [-0.4, -0.2) is 36.0 Å². The van der Waals surface area contributed by atoms with E-state index in [2.05, 4.69) is 18.9 Å². The molecule has 4 unspecified atom stereocenters. The maximum Gasteiger partial charge on any atom is 0.237 e. The van der Waals surface area contributed by atoms with E-state index < -0.39 is 5.54 Å². The molecule has 0 spiro atoms. The molecule has 4 atom stereocenters. The van der Waals surface area contributed by atoms with Gasteiger partial charge in [-0.1, -0.05) is 6.92 Å². The van der Waals surface area contributed by atoms with E-state index in [9.17, 15) is 4.79 Å². The number of primary amides is 1. The van der Waals surface area contributed by atoms with Crippen LogP contribution in [0.5, 0.6) is 0 Å². The van der Waals surface area contributed by atoms with Crippen molar-refractivity contribution in [3.63, 3.8) is 0 Å². The lowest BCUT2D eigenvalue weighted by Gasteiger charge is -2.26. The summed E-state index contributed by atoms with van der Waals surface area (Å²) < 4.78 is 0. The minimum atomic E-state index is -0.756. The summed E-state index contributed by atoms with van der Waals surface area (Å²) in [5, 5.41) is 0. The minimum Gasteiger partial charge on any atom is -0.368 e. The summed E-state index contributed by atoms with van der Waals surface area (Å²) in [6.45, 7) is 3.43. The number of nitrogens with two attached hydrogens (primary N) is 2. The van der Waals surface area contributed by atoms with Crippen molar-refractivity contribution in [2.24, 2.45) is 23.3 Å². The summed E-state index contributed by atoms with van der Waals surface area (Å²) in [4.78, 5) is 13.6. The summed E-state index contributed by atoms with van der Waals surface area (Å²) in [7, 11) is 2.14. The Hall–Kier alpha value is -0.610. The fraction of sp³-hybridized carbons (Fsp3) is 0.917. The smallest absolute Gasteiger partial charge is 0.237 e. The molecule has 0 aliphatic heterocycles. The zero-order valence-corrected chi connectivity index (χ0v) is 10.3. The number of hydrogen-bond acceptors (Lipinski definition) is 3. The molecule has 16 heavy (non-hydrogen) atoms. The second-order valence-corrected chi connectivity index (χ2v) is 5.83. The Kier molecular flexibility index (Phi) is 2.97. The quantitative estimate of drug-likeness (QED) is 0.723. The molecule has 4 nitrogen and oxygen atoms in total. The third kappa shape index (κ3) is 2.23. The van der Waals surface area contributed by atoms with Crippen LogP contribution in [0.25, 0.3) is 0 Å². The Morgan fingerprint density at radius 1 is 1.56 bits per heavy atom. The van der Waals surface area contributed by atoms with Gasteiger partial charge in [-0.25, -0.2) is 0 Å². The number of carbonyl (C=O) groups is 1. The van der Waals surface area contributed by atoms with Crippen LogP contribution in [-0.2, 0) is 4.79 Å². The standard InChI is InChI=1S/C12H23N3O/c1-8-5-9(8)7-15(2)10-3-4-12(14,6-10)11(13)16/h8-10H,3-7,14H2,1-2H3,(H2,13,16). The van der Waals surface area contributed by atoms with Gasteiger partial charge in [-0.2, -0.15) is 0 Å². The van der Waals surface area contributed by atoms with Crippen molar-refractivity contribution in [3.05, 3.63) is 0 Å². The average molecular weight is 225 g/mol. The number of nitrogens with zero attached hydrogens (tertiary/aromatic N) is 1. The van der Waals surface area contributed by atoms with Crippen molar-refractivity contribution < 1.29 is 4.79 Å². The van der Waals surface area contributed by atoms with E-state index in [4.69, 9.17) is 11.5 Å². The molecule has 0 saturated heterocycles. The van der Waals surface area contributed by atoms with Crippen LogP contribution in [0.2, 0.25) is 0 Å². The molecule has 2 fully saturated rings. The highest BCUT2D eigenvalue weighted by Crippen LogP contribution is 2.39. The van der Waals surface area contributed by atoms with Crippen LogP contribution in [0.15, 0.2) is 0 Å². The molecule has 0 aromatic heterocycles. The maximum atomic E-state index is 11.3. The molecular weight excluding hydrogens is 202 g/mol. The molecule has 0 heterocycles. The summed E-state index contributed by atoms with van der Waals surface area (Å²) >= 11 is 0. The molecule has 92 valence electrons. The largest absolute Gasteiger partial charge is 0.368 e. The molecule has 0 radical (unpaired) electrons. The van der Waals surface area contributed by atoms with Crippen LogP contribution in [0.4, 0.5) is 0 Å². The molecule has 1 amide bonds. The molecule has 0 aromatic rings. The average Bonchev–Trinajstić information content (AvgIpc) is 2.75. The van der Waals surface area contributed by atoms with E-state index in [0.717, 1.165) is 37.6 Å². The molecule has 0 bridgehead atoms. The van der Waals surface area contributed by atoms with E-state index in [1.165, 1.54) is 6.42 Å². The summed E-state index contributed by atoms with van der Waals surface area (Å²) in [6, 6.07) is 0.435. The monoisotopic (exact) mass is 225 g/mol. The number of carbonyl (C=O) groups excluding carboxylic acids is 1. The van der Waals surface area contributed by atoms with Crippen molar-refractivity contribution in [2.45, 2.75) is 44.2 Å². The first-order valence-corrected chi connectivity index (χ1v) is 6.21. The van der Waals surface area contributed by atoms with Crippen LogP contribution in [0.3, 0.4) is 0 Å². The van der Waals surface area contributed by atoms with Gasteiger partial charge in [0.05, 0.1) is 5.54 Å². The zero-order valence-electron chi connectivity index (χ0n) is 10.3. The number of amides is 1. The van der Waals surface area contributed by atoms with Crippen molar-refractivity contribution in [1.29, 1.82) is 0 Å². The molecule has 2 aliphatic carbocycles. The van der Waals surface area contributed by atoms with Crippen molar-refractivity contribution in [1.82, 2.24) is 4.90 Å². The highest BCUT2D eigenvalue weighted by atomic mass is 16.1. The molecule has 2 rings (SSSR count). The van der Waals surface area contributed by atoms with Gasteiger partial charge in [-0.3, -0.25) is 4.79 Å².